The molecule has 124 valence electrons. The summed E-state index contributed by atoms with van der Waals surface area (Å²) in [6.07, 6.45) is 0.0525. The molecule has 3 unspecified atom stereocenters. The summed E-state index contributed by atoms with van der Waals surface area (Å²) in [6.45, 7) is 3.54. The third-order valence-corrected chi connectivity index (χ3v) is 3.78. The highest BCUT2D eigenvalue weighted by Gasteiger charge is 2.30. The van der Waals surface area contributed by atoms with Crippen LogP contribution in [0.3, 0.4) is 0 Å². The second kappa shape index (κ2) is 9.10. The molecule has 0 bridgehead atoms. The van der Waals surface area contributed by atoms with Gasteiger partial charge in [-0.15, -0.1) is 12.4 Å². The topological polar surface area (TPSA) is 64.8 Å². The van der Waals surface area contributed by atoms with Crippen molar-refractivity contribution < 1.29 is 14.3 Å². The van der Waals surface area contributed by atoms with Crippen LogP contribution in [0.25, 0.3) is 0 Å². The Morgan fingerprint density at radius 3 is 2.68 bits per heavy atom. The molecule has 2 rings (SSSR count). The van der Waals surface area contributed by atoms with E-state index in [2.05, 4.69) is 0 Å². The van der Waals surface area contributed by atoms with Crippen molar-refractivity contribution in [1.29, 1.82) is 0 Å². The zero-order chi connectivity index (χ0) is 15.2. The smallest absolute Gasteiger partial charge is 0.225 e. The van der Waals surface area contributed by atoms with Crippen LogP contribution in [-0.4, -0.2) is 49.8 Å². The van der Waals surface area contributed by atoms with Crippen LogP contribution < -0.4 is 5.73 Å². The molecule has 1 aliphatic heterocycles. The SMILES string of the molecule is COC(CN)CC(=O)N1CC(C)OC(c2ccccc2)C1.Cl. The second-order valence-electron chi connectivity index (χ2n) is 5.44. The van der Waals surface area contributed by atoms with Gasteiger partial charge in [-0.25, -0.2) is 0 Å². The number of benzene rings is 1. The van der Waals surface area contributed by atoms with Crippen molar-refractivity contribution in [2.75, 3.05) is 26.7 Å². The summed E-state index contributed by atoms with van der Waals surface area (Å²) in [5.74, 6) is 0.0726. The van der Waals surface area contributed by atoms with E-state index < -0.39 is 0 Å². The van der Waals surface area contributed by atoms with E-state index in [0.717, 1.165) is 5.56 Å². The first-order valence-corrected chi connectivity index (χ1v) is 7.35. The van der Waals surface area contributed by atoms with Crippen LogP contribution in [-0.2, 0) is 14.3 Å². The number of morpholine rings is 1. The van der Waals surface area contributed by atoms with Crippen molar-refractivity contribution in [3.8, 4) is 0 Å². The van der Waals surface area contributed by atoms with E-state index in [1.807, 2.05) is 42.2 Å². The monoisotopic (exact) mass is 328 g/mol. The van der Waals surface area contributed by atoms with Crippen molar-refractivity contribution >= 4 is 18.3 Å². The Bertz CT molecular complexity index is 454. The van der Waals surface area contributed by atoms with Gasteiger partial charge in [-0.05, 0) is 12.5 Å². The van der Waals surface area contributed by atoms with Crippen molar-refractivity contribution in [1.82, 2.24) is 4.90 Å². The minimum atomic E-state index is -0.217. The molecule has 1 heterocycles. The normalized spacial score (nSPS) is 22.8. The maximum atomic E-state index is 12.4. The van der Waals surface area contributed by atoms with Gasteiger partial charge in [-0.2, -0.15) is 0 Å². The van der Waals surface area contributed by atoms with Gasteiger partial charge < -0.3 is 20.1 Å². The quantitative estimate of drug-likeness (QED) is 0.894. The lowest BCUT2D eigenvalue weighted by Gasteiger charge is -2.37. The molecule has 0 aliphatic carbocycles. The molecule has 22 heavy (non-hydrogen) atoms. The molecule has 1 aromatic rings. The molecular weight excluding hydrogens is 304 g/mol. The van der Waals surface area contributed by atoms with Crippen molar-refractivity contribution in [2.45, 2.75) is 31.7 Å². The van der Waals surface area contributed by atoms with E-state index >= 15 is 0 Å². The van der Waals surface area contributed by atoms with Gasteiger partial charge in [0.15, 0.2) is 0 Å². The number of methoxy groups -OCH3 is 1. The minimum Gasteiger partial charge on any atom is -0.380 e. The van der Waals surface area contributed by atoms with Crippen LogP contribution in [0, 0.1) is 0 Å². The molecule has 1 fully saturated rings. The third-order valence-electron chi connectivity index (χ3n) is 3.78. The Morgan fingerprint density at radius 2 is 2.09 bits per heavy atom. The average Bonchev–Trinajstić information content (AvgIpc) is 2.52. The fourth-order valence-corrected chi connectivity index (χ4v) is 2.59. The number of hydrogen-bond donors (Lipinski definition) is 1. The van der Waals surface area contributed by atoms with Gasteiger partial charge in [0.05, 0.1) is 25.2 Å². The zero-order valence-electron chi connectivity index (χ0n) is 13.1. The summed E-state index contributed by atoms with van der Waals surface area (Å²) in [5, 5.41) is 0. The van der Waals surface area contributed by atoms with E-state index in [4.69, 9.17) is 15.2 Å². The first-order valence-electron chi connectivity index (χ1n) is 7.35. The Labute approximate surface area is 138 Å². The molecule has 2 N–H and O–H groups in total. The van der Waals surface area contributed by atoms with Crippen molar-refractivity contribution in [3.63, 3.8) is 0 Å². The maximum Gasteiger partial charge on any atom is 0.225 e. The number of nitrogens with zero attached hydrogens (tertiary/aromatic N) is 1. The zero-order valence-corrected chi connectivity index (χ0v) is 13.9. The first kappa shape index (κ1) is 18.9. The Kier molecular flexibility index (Phi) is 7.82. The standard InChI is InChI=1S/C16H24N2O3.ClH/c1-12-10-18(16(19)8-14(9-17)20-2)11-15(21-12)13-6-4-3-5-7-13;/h3-7,12,14-15H,8-11,17H2,1-2H3;1H. The average molecular weight is 329 g/mol. The number of amides is 1. The Morgan fingerprint density at radius 1 is 1.41 bits per heavy atom. The molecule has 1 aliphatic rings. The largest absolute Gasteiger partial charge is 0.380 e. The third kappa shape index (κ3) is 4.95. The van der Waals surface area contributed by atoms with Crippen LogP contribution >= 0.6 is 12.4 Å². The molecule has 5 nitrogen and oxygen atoms in total. The summed E-state index contributed by atoms with van der Waals surface area (Å²) in [6, 6.07) is 10.0. The molecular formula is C16H25ClN2O3. The second-order valence-corrected chi connectivity index (χ2v) is 5.44. The molecule has 0 saturated carbocycles. The van der Waals surface area contributed by atoms with Crippen LogP contribution in [0.2, 0.25) is 0 Å². The number of carbonyl (C=O) groups excluding carboxylic acids is 1. The lowest BCUT2D eigenvalue weighted by molar-refractivity contribution is -0.147. The van der Waals surface area contributed by atoms with Gasteiger partial charge >= 0.3 is 0 Å². The minimum absolute atomic E-state index is 0. The predicted octanol–water partition coefficient (Wildman–Crippen LogP) is 1.76. The number of carbonyl (C=O) groups is 1. The van der Waals surface area contributed by atoms with Crippen LogP contribution in [0.5, 0.6) is 0 Å². The number of nitrogens with two attached hydrogens (primary N) is 1. The van der Waals surface area contributed by atoms with Gasteiger partial charge in [-0.3, -0.25) is 4.79 Å². The predicted molar refractivity (Wildman–Crippen MR) is 88.0 cm³/mol. The lowest BCUT2D eigenvalue weighted by Crippen LogP contribution is -2.47. The maximum absolute atomic E-state index is 12.4. The molecule has 6 heteroatoms. The number of halogens is 1. The fourth-order valence-electron chi connectivity index (χ4n) is 2.59. The molecule has 1 aromatic carbocycles. The van der Waals surface area contributed by atoms with E-state index in [1.165, 1.54) is 0 Å². The van der Waals surface area contributed by atoms with E-state index in [1.54, 1.807) is 7.11 Å². The lowest BCUT2D eigenvalue weighted by atomic mass is 10.1. The van der Waals surface area contributed by atoms with Gasteiger partial charge in [0.2, 0.25) is 5.91 Å². The van der Waals surface area contributed by atoms with Crippen LogP contribution in [0.15, 0.2) is 30.3 Å². The molecule has 0 spiro atoms. The molecule has 1 saturated heterocycles. The van der Waals surface area contributed by atoms with Crippen LogP contribution in [0.1, 0.15) is 25.0 Å². The molecule has 0 radical (unpaired) electrons. The Hall–Kier alpha value is -1.14. The highest BCUT2D eigenvalue weighted by molar-refractivity contribution is 5.85. The summed E-state index contributed by atoms with van der Waals surface area (Å²) in [4.78, 5) is 14.2. The van der Waals surface area contributed by atoms with Crippen molar-refractivity contribution in [3.05, 3.63) is 35.9 Å². The van der Waals surface area contributed by atoms with E-state index in [0.29, 0.717) is 26.1 Å². The number of ether oxygens (including phenoxy) is 2. The first-order chi connectivity index (χ1) is 10.1. The summed E-state index contributed by atoms with van der Waals surface area (Å²) in [7, 11) is 1.58. The van der Waals surface area contributed by atoms with Gasteiger partial charge in [0, 0.05) is 20.2 Å². The molecule has 3 atom stereocenters. The van der Waals surface area contributed by atoms with Crippen LogP contribution in [0.4, 0.5) is 0 Å². The number of hydrogen-bond acceptors (Lipinski definition) is 4. The fraction of sp³-hybridized carbons (Fsp3) is 0.562. The Balaban J connectivity index is 0.00000242. The highest BCUT2D eigenvalue weighted by Crippen LogP contribution is 2.25. The van der Waals surface area contributed by atoms with Crippen molar-refractivity contribution in [2.24, 2.45) is 5.73 Å². The van der Waals surface area contributed by atoms with Gasteiger partial charge in [0.25, 0.3) is 0 Å². The number of rotatable bonds is 5. The summed E-state index contributed by atoms with van der Waals surface area (Å²) in [5.41, 5.74) is 6.69. The summed E-state index contributed by atoms with van der Waals surface area (Å²) < 4.78 is 11.2. The molecule has 0 aromatic heterocycles. The van der Waals surface area contributed by atoms with Gasteiger partial charge in [0.1, 0.15) is 6.10 Å². The van der Waals surface area contributed by atoms with E-state index in [-0.39, 0.29) is 36.6 Å². The molecule has 1 amide bonds. The van der Waals surface area contributed by atoms with Gasteiger partial charge in [-0.1, -0.05) is 30.3 Å². The summed E-state index contributed by atoms with van der Waals surface area (Å²) >= 11 is 0. The highest BCUT2D eigenvalue weighted by atomic mass is 35.5. The van der Waals surface area contributed by atoms with E-state index in [9.17, 15) is 4.79 Å².